The van der Waals surface area contributed by atoms with Crippen molar-refractivity contribution in [2.24, 2.45) is 0 Å². The van der Waals surface area contributed by atoms with E-state index in [9.17, 15) is 4.79 Å². The van der Waals surface area contributed by atoms with Crippen LogP contribution in [0.4, 0.5) is 5.69 Å². The molecule has 0 radical (unpaired) electrons. The first-order valence-corrected chi connectivity index (χ1v) is 5.09. The minimum atomic E-state index is -0.917. The van der Waals surface area contributed by atoms with Crippen LogP contribution in [0, 0.1) is 12.3 Å². The van der Waals surface area contributed by atoms with Crippen molar-refractivity contribution in [3.63, 3.8) is 0 Å². The average Bonchev–Trinajstić information content (AvgIpc) is 2.25. The number of hydrogen-bond donors (Lipinski definition) is 1. The SMILES string of the molecule is C#CCN(c1ccc(C(=O)O)cc1)C(C)C. The second-order valence-corrected chi connectivity index (χ2v) is 3.78. The van der Waals surface area contributed by atoms with E-state index in [1.165, 1.54) is 0 Å². The fourth-order valence-corrected chi connectivity index (χ4v) is 1.47. The van der Waals surface area contributed by atoms with Gasteiger partial charge in [0.25, 0.3) is 0 Å². The topological polar surface area (TPSA) is 40.5 Å². The molecule has 3 nitrogen and oxygen atoms in total. The Balaban J connectivity index is 2.95. The Bertz CT molecular complexity index is 401. The third kappa shape index (κ3) is 2.77. The Kier molecular flexibility index (Phi) is 3.96. The summed E-state index contributed by atoms with van der Waals surface area (Å²) in [4.78, 5) is 12.7. The van der Waals surface area contributed by atoms with Crippen molar-refractivity contribution in [3.05, 3.63) is 29.8 Å². The van der Waals surface area contributed by atoms with E-state index in [4.69, 9.17) is 11.5 Å². The molecule has 0 fully saturated rings. The number of carboxylic acids is 1. The average molecular weight is 217 g/mol. The fraction of sp³-hybridized carbons (Fsp3) is 0.308. The zero-order valence-electron chi connectivity index (χ0n) is 9.47. The highest BCUT2D eigenvalue weighted by atomic mass is 16.4. The Morgan fingerprint density at radius 3 is 2.38 bits per heavy atom. The minimum absolute atomic E-state index is 0.284. The standard InChI is InChI=1S/C13H15NO2/c1-4-9-14(10(2)3)12-7-5-11(6-8-12)13(15)16/h1,5-8,10H,9H2,2-3H3,(H,15,16). The molecule has 0 aliphatic heterocycles. The third-order valence-electron chi connectivity index (χ3n) is 2.33. The van der Waals surface area contributed by atoms with Crippen LogP contribution in [0.25, 0.3) is 0 Å². The molecule has 0 unspecified atom stereocenters. The summed E-state index contributed by atoms with van der Waals surface area (Å²) in [5.41, 5.74) is 1.23. The summed E-state index contributed by atoms with van der Waals surface area (Å²) >= 11 is 0. The van der Waals surface area contributed by atoms with E-state index in [1.54, 1.807) is 24.3 Å². The molecule has 0 bridgehead atoms. The zero-order chi connectivity index (χ0) is 12.1. The molecule has 1 N–H and O–H groups in total. The molecule has 1 aromatic carbocycles. The third-order valence-corrected chi connectivity index (χ3v) is 2.33. The maximum atomic E-state index is 10.7. The predicted molar refractivity (Wildman–Crippen MR) is 64.7 cm³/mol. The van der Waals surface area contributed by atoms with Gasteiger partial charge in [0.15, 0.2) is 0 Å². The predicted octanol–water partition coefficient (Wildman–Crippen LogP) is 2.23. The Morgan fingerprint density at radius 2 is 2.00 bits per heavy atom. The van der Waals surface area contributed by atoms with E-state index in [-0.39, 0.29) is 11.6 Å². The van der Waals surface area contributed by atoms with Crippen molar-refractivity contribution in [2.45, 2.75) is 19.9 Å². The summed E-state index contributed by atoms with van der Waals surface area (Å²) < 4.78 is 0. The van der Waals surface area contributed by atoms with E-state index in [0.717, 1.165) is 5.69 Å². The van der Waals surface area contributed by atoms with Crippen LogP contribution in [0.15, 0.2) is 24.3 Å². The molecule has 0 saturated carbocycles. The largest absolute Gasteiger partial charge is 0.478 e. The van der Waals surface area contributed by atoms with Crippen molar-refractivity contribution in [1.82, 2.24) is 0 Å². The number of anilines is 1. The highest BCUT2D eigenvalue weighted by molar-refractivity contribution is 5.88. The Hall–Kier alpha value is -1.95. The van der Waals surface area contributed by atoms with Crippen molar-refractivity contribution in [2.75, 3.05) is 11.4 Å². The Labute approximate surface area is 95.7 Å². The summed E-state index contributed by atoms with van der Waals surface area (Å²) in [6.45, 7) is 4.61. The highest BCUT2D eigenvalue weighted by Crippen LogP contribution is 2.17. The molecular formula is C13H15NO2. The van der Waals surface area contributed by atoms with E-state index in [1.807, 2.05) is 18.7 Å². The number of hydrogen-bond acceptors (Lipinski definition) is 2. The molecule has 0 aliphatic rings. The second-order valence-electron chi connectivity index (χ2n) is 3.78. The number of aromatic carboxylic acids is 1. The Morgan fingerprint density at radius 1 is 1.44 bits per heavy atom. The molecule has 1 aromatic rings. The number of carbonyl (C=O) groups is 1. The van der Waals surface area contributed by atoms with Crippen LogP contribution in [0.1, 0.15) is 24.2 Å². The molecule has 1 rings (SSSR count). The van der Waals surface area contributed by atoms with Gasteiger partial charge in [0.2, 0.25) is 0 Å². The van der Waals surface area contributed by atoms with Crippen LogP contribution < -0.4 is 4.90 Å². The molecule has 84 valence electrons. The van der Waals surface area contributed by atoms with Gasteiger partial charge in [-0.1, -0.05) is 5.92 Å². The lowest BCUT2D eigenvalue weighted by atomic mass is 10.1. The maximum Gasteiger partial charge on any atom is 0.335 e. The first-order chi connectivity index (χ1) is 7.56. The van der Waals surface area contributed by atoms with E-state index in [0.29, 0.717) is 6.54 Å². The van der Waals surface area contributed by atoms with E-state index in [2.05, 4.69) is 5.92 Å². The quantitative estimate of drug-likeness (QED) is 0.786. The normalized spacial score (nSPS) is 9.88. The summed E-state index contributed by atoms with van der Waals surface area (Å²) in [5.74, 6) is 1.68. The van der Waals surface area contributed by atoms with Gasteiger partial charge >= 0.3 is 5.97 Å². The van der Waals surface area contributed by atoms with Gasteiger partial charge in [-0.15, -0.1) is 6.42 Å². The maximum absolute atomic E-state index is 10.7. The minimum Gasteiger partial charge on any atom is -0.478 e. The summed E-state index contributed by atoms with van der Waals surface area (Å²) in [6.07, 6.45) is 5.30. The van der Waals surface area contributed by atoms with Gasteiger partial charge < -0.3 is 10.0 Å². The molecule has 0 aromatic heterocycles. The van der Waals surface area contributed by atoms with Crippen LogP contribution in [-0.2, 0) is 0 Å². The van der Waals surface area contributed by atoms with Gasteiger partial charge in [-0.25, -0.2) is 4.79 Å². The van der Waals surface area contributed by atoms with Crippen LogP contribution in [0.3, 0.4) is 0 Å². The monoisotopic (exact) mass is 217 g/mol. The molecule has 3 heteroatoms. The van der Waals surface area contributed by atoms with Crippen molar-refractivity contribution >= 4 is 11.7 Å². The summed E-state index contributed by atoms with van der Waals surface area (Å²) in [6, 6.07) is 7.01. The first kappa shape index (κ1) is 12.1. The molecule has 0 amide bonds. The number of rotatable bonds is 4. The molecule has 0 heterocycles. The summed E-state index contributed by atoms with van der Waals surface area (Å²) in [7, 11) is 0. The molecule has 0 spiro atoms. The van der Waals surface area contributed by atoms with Crippen LogP contribution in [0.2, 0.25) is 0 Å². The molecular weight excluding hydrogens is 202 g/mol. The van der Waals surface area contributed by atoms with Crippen molar-refractivity contribution < 1.29 is 9.90 Å². The first-order valence-electron chi connectivity index (χ1n) is 5.09. The fourth-order valence-electron chi connectivity index (χ4n) is 1.47. The zero-order valence-corrected chi connectivity index (χ0v) is 9.47. The smallest absolute Gasteiger partial charge is 0.335 e. The highest BCUT2D eigenvalue weighted by Gasteiger charge is 2.10. The molecule has 0 aliphatic carbocycles. The van der Waals surface area contributed by atoms with Crippen LogP contribution in [0.5, 0.6) is 0 Å². The lowest BCUT2D eigenvalue weighted by Gasteiger charge is -2.26. The summed E-state index contributed by atoms with van der Waals surface area (Å²) in [5, 5.41) is 8.78. The van der Waals surface area contributed by atoms with Gasteiger partial charge in [-0.05, 0) is 38.1 Å². The van der Waals surface area contributed by atoms with Gasteiger partial charge in [0.05, 0.1) is 12.1 Å². The van der Waals surface area contributed by atoms with Gasteiger partial charge in [-0.2, -0.15) is 0 Å². The van der Waals surface area contributed by atoms with Gasteiger partial charge in [0, 0.05) is 11.7 Å². The van der Waals surface area contributed by atoms with Gasteiger partial charge in [0.1, 0.15) is 0 Å². The van der Waals surface area contributed by atoms with E-state index < -0.39 is 5.97 Å². The lowest BCUT2D eigenvalue weighted by Crippen LogP contribution is -2.30. The van der Waals surface area contributed by atoms with Gasteiger partial charge in [-0.3, -0.25) is 0 Å². The van der Waals surface area contributed by atoms with Crippen LogP contribution >= 0.6 is 0 Å². The lowest BCUT2D eigenvalue weighted by molar-refractivity contribution is 0.0697. The number of carboxylic acid groups (broad SMARTS) is 1. The number of benzene rings is 1. The second kappa shape index (κ2) is 5.22. The molecule has 0 atom stereocenters. The van der Waals surface area contributed by atoms with Crippen LogP contribution in [-0.4, -0.2) is 23.7 Å². The van der Waals surface area contributed by atoms with Crippen molar-refractivity contribution in [1.29, 1.82) is 0 Å². The molecule has 0 saturated heterocycles. The van der Waals surface area contributed by atoms with Crippen molar-refractivity contribution in [3.8, 4) is 12.3 Å². The molecule has 16 heavy (non-hydrogen) atoms. The number of terminal acetylenes is 1. The van der Waals surface area contributed by atoms with E-state index >= 15 is 0 Å². The number of nitrogens with zero attached hydrogens (tertiary/aromatic N) is 1.